The fraction of sp³-hybridized carbons (Fsp3) is 0.0909. The Morgan fingerprint density at radius 3 is 2.32 bits per heavy atom. The number of phenols is 2. The molecule has 0 bridgehead atoms. The van der Waals surface area contributed by atoms with Gasteiger partial charge in [0.15, 0.2) is 5.78 Å². The van der Waals surface area contributed by atoms with Gasteiger partial charge < -0.3 is 14.9 Å². The SMILES string of the molecule is O=C1CC(c2ccc(O)cc2)c2c(ccc(C(=O)c3ccc(Cl)cc3)c2O)O1. The van der Waals surface area contributed by atoms with E-state index in [1.165, 1.54) is 24.3 Å². The Bertz CT molecular complexity index is 1070. The first kappa shape index (κ1) is 18.1. The third-order valence-electron chi connectivity index (χ3n) is 4.77. The van der Waals surface area contributed by atoms with Gasteiger partial charge in [-0.25, -0.2) is 0 Å². The Kier molecular flexibility index (Phi) is 4.53. The number of benzene rings is 3. The highest BCUT2D eigenvalue weighted by atomic mass is 35.5. The summed E-state index contributed by atoms with van der Waals surface area (Å²) in [6.45, 7) is 0. The van der Waals surface area contributed by atoms with Crippen LogP contribution in [-0.2, 0) is 4.79 Å². The van der Waals surface area contributed by atoms with Crippen LogP contribution in [0, 0.1) is 0 Å². The normalized spacial score (nSPS) is 15.6. The largest absolute Gasteiger partial charge is 0.508 e. The van der Waals surface area contributed by atoms with Crippen molar-refractivity contribution in [3.63, 3.8) is 0 Å². The van der Waals surface area contributed by atoms with Gasteiger partial charge in [-0.15, -0.1) is 0 Å². The van der Waals surface area contributed by atoms with Crippen LogP contribution >= 0.6 is 11.6 Å². The van der Waals surface area contributed by atoms with Gasteiger partial charge in [-0.1, -0.05) is 23.7 Å². The molecule has 6 heteroatoms. The van der Waals surface area contributed by atoms with Gasteiger partial charge in [0.25, 0.3) is 0 Å². The van der Waals surface area contributed by atoms with Crippen LogP contribution in [0.5, 0.6) is 17.2 Å². The van der Waals surface area contributed by atoms with E-state index >= 15 is 0 Å². The van der Waals surface area contributed by atoms with Crippen molar-refractivity contribution in [2.24, 2.45) is 0 Å². The Hall–Kier alpha value is -3.31. The average molecular weight is 395 g/mol. The average Bonchev–Trinajstić information content (AvgIpc) is 2.68. The zero-order chi connectivity index (χ0) is 19.8. The van der Waals surface area contributed by atoms with Gasteiger partial charge in [-0.05, 0) is 54.1 Å². The molecular formula is C22H15ClO5. The number of halogens is 1. The van der Waals surface area contributed by atoms with Crippen LogP contribution in [0.4, 0.5) is 0 Å². The highest BCUT2D eigenvalue weighted by Crippen LogP contribution is 2.45. The van der Waals surface area contributed by atoms with E-state index in [1.807, 2.05) is 0 Å². The molecule has 28 heavy (non-hydrogen) atoms. The van der Waals surface area contributed by atoms with Gasteiger partial charge in [-0.2, -0.15) is 0 Å². The first-order chi connectivity index (χ1) is 13.4. The van der Waals surface area contributed by atoms with Crippen molar-refractivity contribution < 1.29 is 24.5 Å². The molecule has 3 aromatic rings. The maximum atomic E-state index is 12.9. The van der Waals surface area contributed by atoms with Gasteiger partial charge in [0.1, 0.15) is 17.2 Å². The van der Waals surface area contributed by atoms with E-state index < -0.39 is 11.9 Å². The van der Waals surface area contributed by atoms with Gasteiger partial charge in [0.05, 0.1) is 12.0 Å². The molecule has 0 radical (unpaired) electrons. The molecule has 0 saturated carbocycles. The Morgan fingerprint density at radius 1 is 0.964 bits per heavy atom. The Morgan fingerprint density at radius 2 is 1.64 bits per heavy atom. The second-order valence-corrected chi connectivity index (χ2v) is 6.97. The van der Waals surface area contributed by atoms with Crippen molar-refractivity contribution in [3.05, 3.63) is 87.9 Å². The predicted octanol–water partition coefficient (Wildman–Crippen LogP) is 4.42. The van der Waals surface area contributed by atoms with Crippen molar-refractivity contribution in [2.75, 3.05) is 0 Å². The zero-order valence-electron chi connectivity index (χ0n) is 14.6. The summed E-state index contributed by atoms with van der Waals surface area (Å²) in [4.78, 5) is 24.9. The summed E-state index contributed by atoms with van der Waals surface area (Å²) < 4.78 is 5.27. The van der Waals surface area contributed by atoms with E-state index in [9.17, 15) is 19.8 Å². The molecule has 0 fully saturated rings. The number of phenolic OH excluding ortho intramolecular Hbond substituents is 2. The third-order valence-corrected chi connectivity index (χ3v) is 5.02. The molecule has 1 atom stereocenters. The minimum Gasteiger partial charge on any atom is -0.508 e. The number of hydrogen-bond acceptors (Lipinski definition) is 5. The Labute approximate surface area is 165 Å². The molecule has 0 amide bonds. The molecule has 0 aliphatic carbocycles. The topological polar surface area (TPSA) is 83.8 Å². The molecule has 0 aromatic heterocycles. The van der Waals surface area contributed by atoms with E-state index in [-0.39, 0.29) is 35.0 Å². The summed E-state index contributed by atoms with van der Waals surface area (Å²) >= 11 is 5.87. The van der Waals surface area contributed by atoms with Gasteiger partial charge in [0, 0.05) is 22.1 Å². The number of ether oxygens (including phenoxy) is 1. The van der Waals surface area contributed by atoms with Crippen LogP contribution in [0.2, 0.25) is 5.02 Å². The second-order valence-electron chi connectivity index (χ2n) is 6.53. The second kappa shape index (κ2) is 7.02. The molecule has 140 valence electrons. The number of hydrogen-bond donors (Lipinski definition) is 2. The smallest absolute Gasteiger partial charge is 0.312 e. The quantitative estimate of drug-likeness (QED) is 0.390. The lowest BCUT2D eigenvalue weighted by molar-refractivity contribution is -0.135. The molecule has 2 N–H and O–H groups in total. The number of ketones is 1. The molecular weight excluding hydrogens is 380 g/mol. The van der Waals surface area contributed by atoms with E-state index in [1.54, 1.807) is 36.4 Å². The number of rotatable bonds is 3. The van der Waals surface area contributed by atoms with E-state index in [2.05, 4.69) is 0 Å². The highest BCUT2D eigenvalue weighted by Gasteiger charge is 2.33. The van der Waals surface area contributed by atoms with E-state index in [0.29, 0.717) is 16.1 Å². The molecule has 0 spiro atoms. The van der Waals surface area contributed by atoms with Gasteiger partial charge >= 0.3 is 5.97 Å². The number of aromatic hydroxyl groups is 2. The van der Waals surface area contributed by atoms with E-state index in [4.69, 9.17) is 16.3 Å². The summed E-state index contributed by atoms with van der Waals surface area (Å²) in [5.74, 6) is -1.18. The summed E-state index contributed by atoms with van der Waals surface area (Å²) in [5.41, 5.74) is 1.60. The number of fused-ring (bicyclic) bond motifs is 1. The van der Waals surface area contributed by atoms with Gasteiger partial charge in [0.2, 0.25) is 0 Å². The third kappa shape index (κ3) is 3.21. The molecule has 1 heterocycles. The van der Waals surface area contributed by atoms with Crippen LogP contribution in [-0.4, -0.2) is 22.0 Å². The van der Waals surface area contributed by atoms with Crippen molar-refractivity contribution >= 4 is 23.4 Å². The lowest BCUT2D eigenvalue weighted by atomic mass is 9.84. The van der Waals surface area contributed by atoms with Crippen LogP contribution < -0.4 is 4.74 Å². The molecule has 4 rings (SSSR count). The molecule has 3 aromatic carbocycles. The molecule has 1 unspecified atom stereocenters. The van der Waals surface area contributed by atoms with Crippen molar-refractivity contribution in [2.45, 2.75) is 12.3 Å². The predicted molar refractivity (Wildman–Crippen MR) is 103 cm³/mol. The van der Waals surface area contributed by atoms with Crippen LogP contribution in [0.15, 0.2) is 60.7 Å². The fourth-order valence-corrected chi connectivity index (χ4v) is 3.51. The maximum Gasteiger partial charge on any atom is 0.312 e. The fourth-order valence-electron chi connectivity index (χ4n) is 3.38. The molecule has 1 aliphatic heterocycles. The van der Waals surface area contributed by atoms with Gasteiger partial charge in [-0.3, -0.25) is 9.59 Å². The zero-order valence-corrected chi connectivity index (χ0v) is 15.3. The number of esters is 1. The molecule has 1 aliphatic rings. The summed E-state index contributed by atoms with van der Waals surface area (Å²) in [6.07, 6.45) is 0.0178. The first-order valence-electron chi connectivity index (χ1n) is 8.60. The first-order valence-corrected chi connectivity index (χ1v) is 8.97. The number of carbonyl (C=O) groups is 2. The van der Waals surface area contributed by atoms with E-state index in [0.717, 1.165) is 5.56 Å². The Balaban J connectivity index is 1.82. The summed E-state index contributed by atoms with van der Waals surface area (Å²) in [7, 11) is 0. The summed E-state index contributed by atoms with van der Waals surface area (Å²) in [5, 5.41) is 20.9. The molecule has 0 saturated heterocycles. The maximum absolute atomic E-state index is 12.9. The highest BCUT2D eigenvalue weighted by molar-refractivity contribution is 6.30. The minimum absolute atomic E-state index is 0.0178. The van der Waals surface area contributed by atoms with Crippen LogP contribution in [0.1, 0.15) is 39.4 Å². The monoisotopic (exact) mass is 394 g/mol. The summed E-state index contributed by atoms with van der Waals surface area (Å²) in [6, 6.07) is 15.7. The van der Waals surface area contributed by atoms with Crippen molar-refractivity contribution in [1.82, 2.24) is 0 Å². The lowest BCUT2D eigenvalue weighted by Gasteiger charge is -2.26. The van der Waals surface area contributed by atoms with Crippen LogP contribution in [0.3, 0.4) is 0 Å². The van der Waals surface area contributed by atoms with Crippen molar-refractivity contribution in [1.29, 1.82) is 0 Å². The standard InChI is InChI=1S/C22H15ClO5/c23-14-5-1-13(2-6-14)21(26)16-9-10-18-20(22(16)27)17(11-19(25)28-18)12-3-7-15(24)8-4-12/h1-10,17,24,27H,11H2. The lowest BCUT2D eigenvalue weighted by Crippen LogP contribution is -2.21. The van der Waals surface area contributed by atoms with Crippen molar-refractivity contribution in [3.8, 4) is 17.2 Å². The number of carbonyl (C=O) groups excluding carboxylic acids is 2. The van der Waals surface area contributed by atoms with Crippen LogP contribution in [0.25, 0.3) is 0 Å². The molecule has 5 nitrogen and oxygen atoms in total. The minimum atomic E-state index is -0.491.